The van der Waals surface area contributed by atoms with Gasteiger partial charge in [0.05, 0.1) is 35.9 Å². The van der Waals surface area contributed by atoms with Crippen molar-refractivity contribution in [3.05, 3.63) is 95.2 Å². The van der Waals surface area contributed by atoms with E-state index in [0.29, 0.717) is 29.6 Å². The lowest BCUT2D eigenvalue weighted by Gasteiger charge is -2.43. The standard InChI is InChI=1S/C34H44N8O2/c1-5-6-11-25(19-41(3)27-21-42(22-27)20-26-14-7-8-17-38-26)28-15-10-16-29(34(28)44-4)40-30(18-31(35)39-23-43)32(36)33(37-2)24-12-9-13-24/h6-8,10-11,14-19,23,27,36-37,40H,5,9,12-13,20-22H2,1-4H3,(H2,35,39,43)/b11-6-,25-19+,30-18+,36-32?. The fourth-order valence-electron chi connectivity index (χ4n) is 5.28. The first kappa shape index (κ1) is 32.2. The number of allylic oxidation sites excluding steroid dienone is 4. The molecular weight excluding hydrogens is 552 g/mol. The van der Waals surface area contributed by atoms with Gasteiger partial charge in [0, 0.05) is 63.3 Å². The van der Waals surface area contributed by atoms with Gasteiger partial charge in [0.2, 0.25) is 6.41 Å². The van der Waals surface area contributed by atoms with Gasteiger partial charge in [0.1, 0.15) is 17.3 Å². The number of methoxy groups -OCH3 is 1. The van der Waals surface area contributed by atoms with Crippen LogP contribution in [0.25, 0.3) is 5.57 Å². The van der Waals surface area contributed by atoms with E-state index in [9.17, 15) is 4.79 Å². The molecule has 0 atom stereocenters. The van der Waals surface area contributed by atoms with Crippen LogP contribution in [0.2, 0.25) is 0 Å². The third-order valence-electron chi connectivity index (χ3n) is 7.87. The Balaban J connectivity index is 1.62. The van der Waals surface area contributed by atoms with Crippen molar-refractivity contribution in [1.82, 2.24) is 20.1 Å². The summed E-state index contributed by atoms with van der Waals surface area (Å²) in [6, 6.07) is 12.3. The van der Waals surface area contributed by atoms with Gasteiger partial charge in [-0.05, 0) is 49.5 Å². The summed E-state index contributed by atoms with van der Waals surface area (Å²) < 4.78 is 5.99. The number of aliphatic imine (C=N–C) groups is 1. The predicted molar refractivity (Wildman–Crippen MR) is 179 cm³/mol. The zero-order valence-electron chi connectivity index (χ0n) is 26.1. The van der Waals surface area contributed by atoms with Crippen LogP contribution in [-0.4, -0.2) is 73.1 Å². The molecule has 1 saturated carbocycles. The van der Waals surface area contributed by atoms with Crippen LogP contribution >= 0.6 is 0 Å². The molecule has 0 bridgehead atoms. The second kappa shape index (κ2) is 15.7. The Morgan fingerprint density at radius 2 is 2.05 bits per heavy atom. The lowest BCUT2D eigenvalue weighted by atomic mass is 9.88. The number of ether oxygens (including phenoxy) is 1. The van der Waals surface area contributed by atoms with Crippen molar-refractivity contribution in [3.63, 3.8) is 0 Å². The van der Waals surface area contributed by atoms with Crippen LogP contribution in [0.1, 0.15) is 43.9 Å². The quantitative estimate of drug-likeness (QED) is 0.101. The molecule has 0 spiro atoms. The number of likely N-dealkylation sites (tertiary alicyclic amines) is 1. The Bertz CT molecular complexity index is 1460. The average molecular weight is 597 g/mol. The minimum Gasteiger partial charge on any atom is -0.494 e. The molecule has 5 N–H and O–H groups in total. The number of pyridine rings is 1. The Hall–Kier alpha value is -4.70. The summed E-state index contributed by atoms with van der Waals surface area (Å²) in [6.45, 7) is 4.86. The number of carbonyl (C=O) groups excluding carboxylic acids is 1. The molecule has 2 aromatic rings. The van der Waals surface area contributed by atoms with E-state index in [4.69, 9.17) is 15.9 Å². The molecule has 0 radical (unpaired) electrons. The monoisotopic (exact) mass is 596 g/mol. The number of hydrogen-bond donors (Lipinski definition) is 4. The molecule has 2 fully saturated rings. The van der Waals surface area contributed by atoms with Crippen molar-refractivity contribution < 1.29 is 9.53 Å². The number of rotatable bonds is 15. The van der Waals surface area contributed by atoms with Crippen LogP contribution in [0, 0.1) is 5.41 Å². The summed E-state index contributed by atoms with van der Waals surface area (Å²) in [7, 11) is 5.56. The lowest BCUT2D eigenvalue weighted by molar-refractivity contribution is -0.106. The Morgan fingerprint density at radius 1 is 1.25 bits per heavy atom. The molecule has 0 unspecified atom stereocenters. The number of carbonyl (C=O) groups is 1. The molecule has 10 heteroatoms. The molecule has 2 heterocycles. The first-order valence-corrected chi connectivity index (χ1v) is 15.0. The molecular formula is C34H44N8O2. The maximum Gasteiger partial charge on any atom is 0.234 e. The van der Waals surface area contributed by atoms with Gasteiger partial charge in [-0.1, -0.05) is 37.3 Å². The van der Waals surface area contributed by atoms with E-state index in [-0.39, 0.29) is 11.5 Å². The molecule has 44 heavy (non-hydrogen) atoms. The summed E-state index contributed by atoms with van der Waals surface area (Å²) in [6.07, 6.45) is 14.0. The van der Waals surface area contributed by atoms with Crippen molar-refractivity contribution >= 4 is 29.2 Å². The van der Waals surface area contributed by atoms with Crippen LogP contribution in [0.4, 0.5) is 5.69 Å². The van der Waals surface area contributed by atoms with Gasteiger partial charge < -0.3 is 26.0 Å². The Morgan fingerprint density at radius 3 is 2.66 bits per heavy atom. The molecule has 1 amide bonds. The van der Waals surface area contributed by atoms with Crippen molar-refractivity contribution in [2.24, 2.45) is 10.7 Å². The van der Waals surface area contributed by atoms with Gasteiger partial charge >= 0.3 is 0 Å². The fourth-order valence-corrected chi connectivity index (χ4v) is 5.28. The largest absolute Gasteiger partial charge is 0.494 e. The second-order valence-corrected chi connectivity index (χ2v) is 10.9. The van der Waals surface area contributed by atoms with Crippen LogP contribution in [0.5, 0.6) is 5.75 Å². The molecule has 1 aromatic carbocycles. The summed E-state index contributed by atoms with van der Waals surface area (Å²) >= 11 is 0. The van der Waals surface area contributed by atoms with Crippen molar-refractivity contribution in [1.29, 1.82) is 5.41 Å². The highest BCUT2D eigenvalue weighted by Crippen LogP contribution is 2.36. The first-order chi connectivity index (χ1) is 21.4. The van der Waals surface area contributed by atoms with Crippen LogP contribution in [-0.2, 0) is 11.3 Å². The van der Waals surface area contributed by atoms with Crippen molar-refractivity contribution in [2.45, 2.75) is 45.2 Å². The number of para-hydroxylation sites is 1. The number of likely N-dealkylation sites (N-methyl/N-ethyl adjacent to an activating group) is 1. The highest BCUT2D eigenvalue weighted by molar-refractivity contribution is 6.15. The minimum absolute atomic E-state index is 0.00195. The molecule has 1 aliphatic heterocycles. The molecule has 2 aliphatic rings. The van der Waals surface area contributed by atoms with E-state index in [2.05, 4.69) is 68.8 Å². The summed E-state index contributed by atoms with van der Waals surface area (Å²) in [4.78, 5) is 23.8. The maximum atomic E-state index is 11.0. The van der Waals surface area contributed by atoms with E-state index in [1.54, 1.807) is 7.11 Å². The minimum atomic E-state index is 0.00195. The highest BCUT2D eigenvalue weighted by atomic mass is 16.5. The number of amidine groups is 1. The van der Waals surface area contributed by atoms with Gasteiger partial charge in [-0.3, -0.25) is 20.1 Å². The maximum absolute atomic E-state index is 11.0. The van der Waals surface area contributed by atoms with Crippen molar-refractivity contribution in [3.8, 4) is 5.75 Å². The van der Waals surface area contributed by atoms with Crippen LogP contribution < -0.4 is 21.1 Å². The fraction of sp³-hybridized carbons (Fsp3) is 0.353. The molecule has 232 valence electrons. The van der Waals surface area contributed by atoms with Gasteiger partial charge in [-0.15, -0.1) is 0 Å². The molecule has 1 aromatic heterocycles. The van der Waals surface area contributed by atoms with E-state index >= 15 is 0 Å². The number of hydrogen-bond acceptors (Lipinski definition) is 8. The topological polar surface area (TPSA) is 132 Å². The zero-order valence-corrected chi connectivity index (χ0v) is 26.1. The zero-order chi connectivity index (χ0) is 31.5. The van der Waals surface area contributed by atoms with E-state index in [1.165, 1.54) is 11.6 Å². The number of aromatic nitrogens is 1. The number of nitrogens with zero attached hydrogens (tertiary/aromatic N) is 4. The molecule has 10 nitrogen and oxygen atoms in total. The third-order valence-corrected chi connectivity index (χ3v) is 7.87. The van der Waals surface area contributed by atoms with Gasteiger partial charge in [-0.2, -0.15) is 4.99 Å². The van der Waals surface area contributed by atoms with E-state index in [0.717, 1.165) is 67.8 Å². The number of benzene rings is 1. The summed E-state index contributed by atoms with van der Waals surface area (Å²) in [5.41, 5.74) is 12.2. The molecule has 4 rings (SSSR count). The third kappa shape index (κ3) is 8.02. The molecule has 1 saturated heterocycles. The number of nitrogens with one attached hydrogen (secondary N) is 3. The molecule has 1 aliphatic carbocycles. The summed E-state index contributed by atoms with van der Waals surface area (Å²) in [5.74, 6) is 0.632. The highest BCUT2D eigenvalue weighted by Gasteiger charge is 2.29. The summed E-state index contributed by atoms with van der Waals surface area (Å²) in [5, 5.41) is 15.6. The first-order valence-electron chi connectivity index (χ1n) is 15.0. The second-order valence-electron chi connectivity index (χ2n) is 10.9. The van der Waals surface area contributed by atoms with Crippen molar-refractivity contribution in [2.75, 3.05) is 39.6 Å². The SMILES string of the molecule is CC/C=C\C(=C/N(C)C1CN(Cc2ccccn2)C1)c1cccc(N/C(=C/C(N)=NC=O)C(=N)C(NC)=C2CCC2)c1OC. The Labute approximate surface area is 260 Å². The van der Waals surface area contributed by atoms with Gasteiger partial charge in [0.15, 0.2) is 0 Å². The average Bonchev–Trinajstić information content (AvgIpc) is 2.98. The lowest BCUT2D eigenvalue weighted by Crippen LogP contribution is -2.56. The number of amides is 1. The predicted octanol–water partition coefficient (Wildman–Crippen LogP) is 4.70. The van der Waals surface area contributed by atoms with Gasteiger partial charge in [0.25, 0.3) is 0 Å². The smallest absolute Gasteiger partial charge is 0.234 e. The van der Waals surface area contributed by atoms with Crippen LogP contribution in [0.15, 0.2) is 89.0 Å². The van der Waals surface area contributed by atoms with E-state index < -0.39 is 0 Å². The number of nitrogens with two attached hydrogens (primary N) is 1. The normalized spacial score (nSPS) is 16.3. The number of anilines is 1. The van der Waals surface area contributed by atoms with Crippen LogP contribution in [0.3, 0.4) is 0 Å². The van der Waals surface area contributed by atoms with E-state index in [1.807, 2.05) is 43.6 Å². The Kier molecular flexibility index (Phi) is 11.5. The van der Waals surface area contributed by atoms with Gasteiger partial charge in [-0.25, -0.2) is 0 Å².